The third-order valence-corrected chi connectivity index (χ3v) is 2.36. The van der Waals surface area contributed by atoms with Gasteiger partial charge in [0, 0.05) is 0 Å². The van der Waals surface area contributed by atoms with Gasteiger partial charge in [-0.3, -0.25) is 0 Å². The Morgan fingerprint density at radius 1 is 1.67 bits per heavy atom. The predicted molar refractivity (Wildman–Crippen MR) is 41.5 cm³/mol. The van der Waals surface area contributed by atoms with E-state index in [0.29, 0.717) is 15.0 Å². The molecule has 0 aliphatic carbocycles. The van der Waals surface area contributed by atoms with Gasteiger partial charge in [-0.15, -0.1) is 0 Å². The molecule has 0 amide bonds. The zero-order valence-corrected chi connectivity index (χ0v) is 7.64. The molecule has 2 radical (unpaired) electrons. The van der Waals surface area contributed by atoms with E-state index in [2.05, 4.69) is 6.92 Å². The standard InChI is InChI=1S/C7H14OSe/c1-3-5-8-6-7-9-4-2/h3H,2,4-7H2,1H3. The summed E-state index contributed by atoms with van der Waals surface area (Å²) in [6.45, 7) is 7.49. The minimum absolute atomic E-state index is 0.716. The van der Waals surface area contributed by atoms with Crippen LogP contribution in [-0.4, -0.2) is 28.2 Å². The van der Waals surface area contributed by atoms with E-state index in [1.807, 2.05) is 13.3 Å². The molecule has 54 valence electrons. The van der Waals surface area contributed by atoms with E-state index < -0.39 is 0 Å². The van der Waals surface area contributed by atoms with Crippen molar-refractivity contribution in [2.75, 3.05) is 13.2 Å². The van der Waals surface area contributed by atoms with Gasteiger partial charge < -0.3 is 0 Å². The second-order valence-corrected chi connectivity index (χ2v) is 4.17. The monoisotopic (exact) mass is 194 g/mol. The fourth-order valence-electron chi connectivity index (χ4n) is 0.421. The molecule has 9 heavy (non-hydrogen) atoms. The molecular formula is C7H14OSe. The minimum atomic E-state index is 0.716. The summed E-state index contributed by atoms with van der Waals surface area (Å²) in [6, 6.07) is 0. The topological polar surface area (TPSA) is 9.23 Å². The maximum atomic E-state index is 5.22. The molecule has 0 fully saturated rings. The van der Waals surface area contributed by atoms with E-state index >= 15 is 0 Å². The van der Waals surface area contributed by atoms with Crippen LogP contribution in [0.25, 0.3) is 0 Å². The van der Waals surface area contributed by atoms with Crippen LogP contribution in [0.4, 0.5) is 0 Å². The normalized spacial score (nSPS) is 10.0. The van der Waals surface area contributed by atoms with Crippen molar-refractivity contribution >= 4 is 15.0 Å². The Hall–Kier alpha value is 0.479. The second-order valence-electron chi connectivity index (χ2n) is 1.60. The summed E-state index contributed by atoms with van der Waals surface area (Å²) in [5.41, 5.74) is 0. The van der Waals surface area contributed by atoms with Gasteiger partial charge in [-0.1, -0.05) is 0 Å². The van der Waals surface area contributed by atoms with Gasteiger partial charge in [0.05, 0.1) is 0 Å². The van der Waals surface area contributed by atoms with Crippen molar-refractivity contribution in [3.63, 3.8) is 0 Å². The maximum absolute atomic E-state index is 5.22. The van der Waals surface area contributed by atoms with Crippen LogP contribution in [0.3, 0.4) is 0 Å². The van der Waals surface area contributed by atoms with Crippen molar-refractivity contribution < 1.29 is 4.74 Å². The van der Waals surface area contributed by atoms with Crippen LogP contribution in [-0.2, 0) is 4.74 Å². The number of hydrogen-bond donors (Lipinski definition) is 0. The zero-order valence-electron chi connectivity index (χ0n) is 5.93. The van der Waals surface area contributed by atoms with Crippen LogP contribution in [0.2, 0.25) is 10.6 Å². The average Bonchev–Trinajstić information content (AvgIpc) is 1.89. The molecule has 2 heteroatoms. The molecule has 0 aromatic rings. The molecule has 0 spiro atoms. The van der Waals surface area contributed by atoms with Crippen molar-refractivity contribution in [1.82, 2.24) is 0 Å². The fourth-order valence-corrected chi connectivity index (χ4v) is 1.34. The number of ether oxygens (including phenoxy) is 1. The molecule has 0 atom stereocenters. The Morgan fingerprint density at radius 3 is 3.00 bits per heavy atom. The van der Waals surface area contributed by atoms with Crippen LogP contribution in [0.5, 0.6) is 0 Å². The van der Waals surface area contributed by atoms with E-state index in [1.165, 1.54) is 5.32 Å². The molecule has 0 aromatic carbocycles. The molecule has 0 aliphatic rings. The number of rotatable bonds is 6. The van der Waals surface area contributed by atoms with Gasteiger partial charge in [0.2, 0.25) is 0 Å². The van der Waals surface area contributed by atoms with E-state index in [4.69, 9.17) is 4.74 Å². The third kappa shape index (κ3) is 8.48. The van der Waals surface area contributed by atoms with Gasteiger partial charge in [0.1, 0.15) is 0 Å². The predicted octanol–water partition coefficient (Wildman–Crippen LogP) is 1.60. The Labute approximate surface area is 64.3 Å². The second kappa shape index (κ2) is 8.48. The van der Waals surface area contributed by atoms with Gasteiger partial charge in [-0.25, -0.2) is 0 Å². The molecule has 1 nitrogen and oxygen atoms in total. The first-order valence-corrected chi connectivity index (χ1v) is 5.56. The van der Waals surface area contributed by atoms with Gasteiger partial charge >= 0.3 is 63.8 Å². The first-order valence-electron chi connectivity index (χ1n) is 3.14. The summed E-state index contributed by atoms with van der Waals surface area (Å²) in [4.78, 5) is 0. The quantitative estimate of drug-likeness (QED) is 0.460. The van der Waals surface area contributed by atoms with Gasteiger partial charge in [0.25, 0.3) is 0 Å². The molecular weight excluding hydrogens is 179 g/mol. The van der Waals surface area contributed by atoms with Crippen molar-refractivity contribution in [3.05, 3.63) is 13.3 Å². The molecule has 0 aliphatic heterocycles. The average molecular weight is 193 g/mol. The molecule has 0 saturated carbocycles. The van der Waals surface area contributed by atoms with Crippen LogP contribution in [0.1, 0.15) is 6.92 Å². The van der Waals surface area contributed by atoms with Crippen molar-refractivity contribution in [1.29, 1.82) is 0 Å². The van der Waals surface area contributed by atoms with E-state index in [9.17, 15) is 0 Å². The van der Waals surface area contributed by atoms with Crippen LogP contribution < -0.4 is 0 Å². The van der Waals surface area contributed by atoms with Crippen LogP contribution in [0.15, 0.2) is 0 Å². The molecule has 0 N–H and O–H groups in total. The Kier molecular flexibility index (Phi) is 8.93. The SMILES string of the molecule is [CH2]C[Se]CCOC[CH]C. The molecule has 0 heterocycles. The fraction of sp³-hybridized carbons (Fsp3) is 0.714. The summed E-state index contributed by atoms with van der Waals surface area (Å²) in [7, 11) is 0. The molecule has 0 unspecified atom stereocenters. The molecule has 0 aromatic heterocycles. The summed E-state index contributed by atoms with van der Waals surface area (Å²) in [5, 5.41) is 2.30. The van der Waals surface area contributed by atoms with Crippen molar-refractivity contribution in [2.45, 2.75) is 17.6 Å². The summed E-state index contributed by atoms with van der Waals surface area (Å²) >= 11 is 0.716. The first-order chi connectivity index (χ1) is 4.41. The van der Waals surface area contributed by atoms with Gasteiger partial charge in [0.15, 0.2) is 0 Å². The van der Waals surface area contributed by atoms with Gasteiger partial charge in [-0.05, 0) is 0 Å². The first kappa shape index (κ1) is 9.48. The van der Waals surface area contributed by atoms with Gasteiger partial charge in [-0.2, -0.15) is 0 Å². The summed E-state index contributed by atoms with van der Waals surface area (Å²) < 4.78 is 5.22. The van der Waals surface area contributed by atoms with E-state index in [0.717, 1.165) is 18.5 Å². The van der Waals surface area contributed by atoms with Crippen molar-refractivity contribution in [2.24, 2.45) is 0 Å². The van der Waals surface area contributed by atoms with Crippen LogP contribution in [0, 0.1) is 13.3 Å². The van der Waals surface area contributed by atoms with E-state index in [1.54, 1.807) is 0 Å². The third-order valence-electron chi connectivity index (χ3n) is 0.801. The summed E-state index contributed by atoms with van der Waals surface area (Å²) in [5.74, 6) is 0. The van der Waals surface area contributed by atoms with Crippen molar-refractivity contribution in [3.8, 4) is 0 Å². The molecule has 0 bridgehead atoms. The number of hydrogen-bond acceptors (Lipinski definition) is 1. The molecule has 0 saturated heterocycles. The zero-order chi connectivity index (χ0) is 6.95. The molecule has 0 rings (SSSR count). The Bertz CT molecular complexity index is 42.2. The summed E-state index contributed by atoms with van der Waals surface area (Å²) in [6.07, 6.45) is 2.02. The van der Waals surface area contributed by atoms with Crippen LogP contribution >= 0.6 is 0 Å². The Morgan fingerprint density at radius 2 is 2.44 bits per heavy atom. The van der Waals surface area contributed by atoms with E-state index in [-0.39, 0.29) is 0 Å². The Balaban J connectivity index is 2.60.